The summed E-state index contributed by atoms with van der Waals surface area (Å²) in [5.41, 5.74) is 1.25. The second-order valence-corrected chi connectivity index (χ2v) is 11.9. The molecule has 4 aliphatic rings. The first-order valence-electron chi connectivity index (χ1n) is 14.6. The molecule has 11 heteroatoms. The number of carbonyl (C=O) groups is 1. The largest absolute Gasteiger partial charge is 0.508 e. The predicted molar refractivity (Wildman–Crippen MR) is 152 cm³/mol. The fourth-order valence-electron chi connectivity index (χ4n) is 7.39. The van der Waals surface area contributed by atoms with Gasteiger partial charge in [-0.2, -0.15) is 15.2 Å². The molecule has 3 unspecified atom stereocenters. The first-order chi connectivity index (χ1) is 20.3. The van der Waals surface area contributed by atoms with Gasteiger partial charge in [0.25, 0.3) is 5.91 Å². The van der Waals surface area contributed by atoms with Crippen LogP contribution in [0.15, 0.2) is 24.3 Å². The molecule has 7 rings (SSSR count). The van der Waals surface area contributed by atoms with Gasteiger partial charge in [0, 0.05) is 37.5 Å². The summed E-state index contributed by atoms with van der Waals surface area (Å²) in [4.78, 5) is 29.1. The van der Waals surface area contributed by atoms with Gasteiger partial charge in [-0.1, -0.05) is 13.0 Å². The Balaban J connectivity index is 1.29. The minimum absolute atomic E-state index is 0.0373. The summed E-state index contributed by atoms with van der Waals surface area (Å²) >= 11 is 0. The van der Waals surface area contributed by atoms with Gasteiger partial charge >= 0.3 is 6.01 Å². The smallest absolute Gasteiger partial charge is 0.318 e. The van der Waals surface area contributed by atoms with Crippen molar-refractivity contribution in [3.8, 4) is 17.8 Å². The number of rotatable bonds is 6. The van der Waals surface area contributed by atoms with E-state index >= 15 is 0 Å². The van der Waals surface area contributed by atoms with Crippen LogP contribution in [0, 0.1) is 23.1 Å². The average molecular weight is 575 g/mol. The molecule has 1 amide bonds. The highest BCUT2D eigenvalue weighted by Gasteiger charge is 2.49. The summed E-state index contributed by atoms with van der Waals surface area (Å²) in [6.45, 7) is 4.40. The topological polar surface area (TPSA) is 106 Å². The van der Waals surface area contributed by atoms with Crippen molar-refractivity contribution in [1.29, 1.82) is 5.26 Å². The molecule has 3 aromatic rings. The molecule has 9 nitrogen and oxygen atoms in total. The van der Waals surface area contributed by atoms with E-state index in [-0.39, 0.29) is 48.1 Å². The van der Waals surface area contributed by atoms with Crippen LogP contribution in [0.2, 0.25) is 0 Å². The Hall–Kier alpha value is -4.04. The number of ether oxygens (including phenoxy) is 1. The Bertz CT molecular complexity index is 1640. The number of fused-ring (bicyclic) bond motifs is 3. The number of nitriles is 1. The number of alkyl halides is 1. The fourth-order valence-corrected chi connectivity index (χ4v) is 7.39. The zero-order chi connectivity index (χ0) is 29.2. The lowest BCUT2D eigenvalue weighted by Crippen LogP contribution is -2.43. The lowest BCUT2D eigenvalue weighted by molar-refractivity contribution is 0.0996. The van der Waals surface area contributed by atoms with E-state index in [4.69, 9.17) is 9.72 Å². The number of aromatic nitrogens is 2. The number of hydrogen-bond donors (Lipinski definition) is 1. The third-order valence-corrected chi connectivity index (χ3v) is 9.39. The van der Waals surface area contributed by atoms with Gasteiger partial charge in [0.1, 0.15) is 35.7 Å². The fraction of sp³-hybridized carbons (Fsp3) is 0.484. The number of halogens is 2. The van der Waals surface area contributed by atoms with E-state index in [9.17, 15) is 23.9 Å². The maximum atomic E-state index is 14.9. The number of aromatic hydroxyl groups is 1. The van der Waals surface area contributed by atoms with Crippen LogP contribution in [0.25, 0.3) is 10.8 Å². The van der Waals surface area contributed by atoms with Crippen molar-refractivity contribution in [1.82, 2.24) is 14.9 Å². The average Bonchev–Trinajstić information content (AvgIpc) is 3.74. The maximum absolute atomic E-state index is 14.9. The van der Waals surface area contributed by atoms with Gasteiger partial charge in [-0.3, -0.25) is 9.69 Å². The first kappa shape index (κ1) is 26.8. The normalized spacial score (nSPS) is 25.3. The highest BCUT2D eigenvalue weighted by atomic mass is 19.1. The Labute approximate surface area is 242 Å². The number of hydrogen-bond acceptors (Lipinski definition) is 8. The van der Waals surface area contributed by atoms with Crippen molar-refractivity contribution in [2.45, 2.75) is 57.3 Å². The second kappa shape index (κ2) is 10.1. The van der Waals surface area contributed by atoms with E-state index < -0.39 is 6.17 Å². The van der Waals surface area contributed by atoms with Gasteiger partial charge in [-0.15, -0.1) is 0 Å². The molecular formula is C31H32F2N6O3. The maximum Gasteiger partial charge on any atom is 0.318 e. The molecule has 42 heavy (non-hydrogen) atoms. The summed E-state index contributed by atoms with van der Waals surface area (Å²) in [6, 6.07) is 8.44. The highest BCUT2D eigenvalue weighted by Crippen LogP contribution is 2.43. The third kappa shape index (κ3) is 4.23. The van der Waals surface area contributed by atoms with Crippen LogP contribution in [-0.4, -0.2) is 70.4 Å². The number of phenolic OH excluding ortho intramolecular Hbond substituents is 1. The second-order valence-electron chi connectivity index (χ2n) is 11.9. The Morgan fingerprint density at radius 2 is 2.10 bits per heavy atom. The number of benzene rings is 2. The molecule has 1 N–H and O–H groups in total. The van der Waals surface area contributed by atoms with Crippen LogP contribution < -0.4 is 14.5 Å². The number of amides is 1. The third-order valence-electron chi connectivity index (χ3n) is 9.39. The molecule has 0 radical (unpaired) electrons. The minimum atomic E-state index is -0.890. The van der Waals surface area contributed by atoms with Gasteiger partial charge in [0.2, 0.25) is 0 Å². The van der Waals surface area contributed by atoms with Crippen LogP contribution in [0.3, 0.4) is 0 Å². The van der Waals surface area contributed by atoms with Crippen LogP contribution in [0.4, 0.5) is 20.3 Å². The van der Waals surface area contributed by atoms with Gasteiger partial charge in [0.15, 0.2) is 0 Å². The zero-order valence-corrected chi connectivity index (χ0v) is 23.4. The molecule has 2 aromatic carbocycles. The van der Waals surface area contributed by atoms with Crippen molar-refractivity contribution in [2.24, 2.45) is 5.92 Å². The van der Waals surface area contributed by atoms with Crippen LogP contribution >= 0.6 is 0 Å². The molecule has 3 atom stereocenters. The van der Waals surface area contributed by atoms with Crippen molar-refractivity contribution in [3.05, 3.63) is 46.9 Å². The van der Waals surface area contributed by atoms with Gasteiger partial charge < -0.3 is 19.6 Å². The summed E-state index contributed by atoms with van der Waals surface area (Å²) in [7, 11) is 0. The number of nitrogens with zero attached hydrogens (tertiary/aromatic N) is 6. The molecule has 0 bridgehead atoms. The first-order valence-corrected chi connectivity index (χ1v) is 14.6. The predicted octanol–water partition coefficient (Wildman–Crippen LogP) is 4.50. The van der Waals surface area contributed by atoms with Gasteiger partial charge in [-0.05, 0) is 55.3 Å². The van der Waals surface area contributed by atoms with Crippen molar-refractivity contribution < 1.29 is 23.4 Å². The lowest BCUT2D eigenvalue weighted by Gasteiger charge is -2.31. The molecule has 0 saturated carbocycles. The molecule has 218 valence electrons. The van der Waals surface area contributed by atoms with Gasteiger partial charge in [-0.25, -0.2) is 8.78 Å². The highest BCUT2D eigenvalue weighted by molar-refractivity contribution is 6.16. The zero-order valence-electron chi connectivity index (χ0n) is 23.4. The molecule has 1 aromatic heterocycles. The SMILES string of the molecule is CCc1c(F)ccc2cc(O)cc(N3Cc4nc(OCC56CCCN5CC(F)C6)nc(N5CCC(C#N)C5)c4C3=O)c12. The minimum Gasteiger partial charge on any atom is -0.508 e. The molecule has 3 fully saturated rings. The Morgan fingerprint density at radius 3 is 2.88 bits per heavy atom. The molecule has 3 saturated heterocycles. The van der Waals surface area contributed by atoms with Gasteiger partial charge in [0.05, 0.1) is 35.5 Å². The molecule has 4 aliphatic heterocycles. The number of phenols is 1. The summed E-state index contributed by atoms with van der Waals surface area (Å²) < 4.78 is 35.5. The monoisotopic (exact) mass is 574 g/mol. The van der Waals surface area contributed by atoms with E-state index in [0.717, 1.165) is 19.4 Å². The molecule has 0 spiro atoms. The van der Waals surface area contributed by atoms with E-state index in [0.29, 0.717) is 78.0 Å². The van der Waals surface area contributed by atoms with Crippen LogP contribution in [0.1, 0.15) is 54.2 Å². The van der Waals surface area contributed by atoms with Crippen LogP contribution in [0.5, 0.6) is 11.8 Å². The van der Waals surface area contributed by atoms with Crippen molar-refractivity contribution in [2.75, 3.05) is 42.6 Å². The molecule has 5 heterocycles. The number of carbonyl (C=O) groups excluding carboxylic acids is 1. The summed E-state index contributed by atoms with van der Waals surface area (Å²) in [6.07, 6.45) is 2.40. The van der Waals surface area contributed by atoms with E-state index in [1.807, 2.05) is 11.8 Å². The van der Waals surface area contributed by atoms with Crippen molar-refractivity contribution >= 4 is 28.2 Å². The number of aryl methyl sites for hydroxylation is 1. The quantitative estimate of drug-likeness (QED) is 0.459. The Kier molecular flexibility index (Phi) is 6.42. The lowest BCUT2D eigenvalue weighted by atomic mass is 9.95. The number of anilines is 2. The Morgan fingerprint density at radius 1 is 1.24 bits per heavy atom. The summed E-state index contributed by atoms with van der Waals surface area (Å²) in [5, 5.41) is 21.3. The van der Waals surface area contributed by atoms with Crippen molar-refractivity contribution in [3.63, 3.8) is 0 Å². The molecule has 0 aliphatic carbocycles. The van der Waals surface area contributed by atoms with Crippen LogP contribution in [-0.2, 0) is 13.0 Å². The van der Waals surface area contributed by atoms with E-state index in [1.54, 1.807) is 12.1 Å². The van der Waals surface area contributed by atoms with E-state index in [1.165, 1.54) is 17.0 Å². The standard InChI is InChI=1S/C31H32F2N6O3/c1-2-22-23(33)5-4-19-10-21(40)11-25(26(19)22)39-16-24-27(29(39)41)28(37-9-6-18(13-34)14-37)36-30(35-24)42-17-31-7-3-8-38(31)15-20(32)12-31/h4-5,10-11,18,20,40H,2-3,6-9,12,14-17H2,1H3. The molecular weight excluding hydrogens is 542 g/mol. The van der Waals surface area contributed by atoms with E-state index in [2.05, 4.69) is 16.0 Å². The summed E-state index contributed by atoms with van der Waals surface area (Å²) in [5.74, 6) is -0.558.